The Kier molecular flexibility index (Phi) is 9.18. The van der Waals surface area contributed by atoms with E-state index in [1.54, 1.807) is 0 Å². The van der Waals surface area contributed by atoms with Crippen molar-refractivity contribution in [3.63, 3.8) is 0 Å². The van der Waals surface area contributed by atoms with Gasteiger partial charge in [0.1, 0.15) is 0 Å². The molecule has 0 aromatic carbocycles. The molecule has 1 heteroatoms. The second kappa shape index (κ2) is 9.21. The predicted octanol–water partition coefficient (Wildman–Crippen LogP) is 4.80. The lowest BCUT2D eigenvalue weighted by molar-refractivity contribution is -0.00898. The molecule has 0 fully saturated rings. The van der Waals surface area contributed by atoms with Gasteiger partial charge in [0.15, 0.2) is 0 Å². The molecule has 0 saturated heterocycles. The molecule has 0 rings (SSSR count). The van der Waals surface area contributed by atoms with Gasteiger partial charge < -0.3 is 4.74 Å². The second-order valence-electron chi connectivity index (χ2n) is 5.29. The lowest BCUT2D eigenvalue weighted by atomic mass is 10.0. The molecule has 0 heterocycles. The normalized spacial score (nSPS) is 13.8. The van der Waals surface area contributed by atoms with E-state index >= 15 is 0 Å². The maximum absolute atomic E-state index is 5.94. The van der Waals surface area contributed by atoms with Crippen molar-refractivity contribution in [2.75, 3.05) is 0 Å². The lowest BCUT2D eigenvalue weighted by Gasteiger charge is -2.22. The Bertz CT molecular complexity index is 119. The first-order chi connectivity index (χ1) is 7.06. The minimum absolute atomic E-state index is 0.375. The van der Waals surface area contributed by atoms with E-state index in [9.17, 15) is 0 Å². The largest absolute Gasteiger partial charge is 0.376 e. The number of rotatable bonds is 9. The van der Waals surface area contributed by atoms with Crippen molar-refractivity contribution in [1.82, 2.24) is 0 Å². The predicted molar refractivity (Wildman–Crippen MR) is 68.2 cm³/mol. The van der Waals surface area contributed by atoms with Crippen molar-refractivity contribution in [3.8, 4) is 0 Å². The topological polar surface area (TPSA) is 9.23 Å². The molecule has 0 aliphatic rings. The van der Waals surface area contributed by atoms with Crippen molar-refractivity contribution < 1.29 is 4.74 Å². The molecule has 0 aromatic rings. The fraction of sp³-hybridized carbons (Fsp3) is 1.00. The molecule has 1 unspecified atom stereocenters. The third-order valence-electron chi connectivity index (χ3n) is 2.58. The van der Waals surface area contributed by atoms with Crippen LogP contribution in [0.25, 0.3) is 0 Å². The van der Waals surface area contributed by atoms with Crippen LogP contribution in [0.15, 0.2) is 0 Å². The number of ether oxygens (including phenoxy) is 1. The zero-order valence-corrected chi connectivity index (χ0v) is 11.4. The third kappa shape index (κ3) is 10.2. The highest BCUT2D eigenvalue weighted by Crippen LogP contribution is 2.17. The summed E-state index contributed by atoms with van der Waals surface area (Å²) < 4.78 is 5.94. The summed E-state index contributed by atoms with van der Waals surface area (Å²) in [6.45, 7) is 11.1. The highest BCUT2D eigenvalue weighted by Gasteiger charge is 2.12. The van der Waals surface area contributed by atoms with Gasteiger partial charge >= 0.3 is 0 Å². The van der Waals surface area contributed by atoms with Crippen LogP contribution in [0.1, 0.15) is 73.1 Å². The zero-order valence-electron chi connectivity index (χ0n) is 11.4. The van der Waals surface area contributed by atoms with Crippen LogP contribution in [-0.2, 0) is 4.74 Å². The van der Waals surface area contributed by atoms with Gasteiger partial charge in [-0.05, 0) is 32.6 Å². The average molecular weight is 214 g/mol. The summed E-state index contributed by atoms with van der Waals surface area (Å²) in [7, 11) is 0. The monoisotopic (exact) mass is 214 g/mol. The minimum atomic E-state index is 0.375. The molecule has 0 aliphatic carbocycles. The van der Waals surface area contributed by atoms with Crippen LogP contribution in [0, 0.1) is 5.92 Å². The van der Waals surface area contributed by atoms with E-state index in [4.69, 9.17) is 4.74 Å². The molecule has 0 amide bonds. The highest BCUT2D eigenvalue weighted by molar-refractivity contribution is 4.62. The Labute approximate surface area is 96.6 Å². The smallest absolute Gasteiger partial charge is 0.0581 e. The second-order valence-corrected chi connectivity index (χ2v) is 5.29. The van der Waals surface area contributed by atoms with Crippen molar-refractivity contribution in [3.05, 3.63) is 0 Å². The standard InChI is InChI=1S/C14H30O/c1-6-7-8-9-10-14(11-12(2)3)15-13(4)5/h12-14H,6-11H2,1-5H3. The molecule has 0 saturated carbocycles. The third-order valence-corrected chi connectivity index (χ3v) is 2.58. The first-order valence-corrected chi connectivity index (χ1v) is 6.71. The van der Waals surface area contributed by atoms with Crippen molar-refractivity contribution in [2.45, 2.75) is 85.4 Å². The van der Waals surface area contributed by atoms with Crippen LogP contribution in [0.5, 0.6) is 0 Å². The molecule has 0 bridgehead atoms. The molecule has 0 N–H and O–H groups in total. The van der Waals surface area contributed by atoms with Crippen LogP contribution >= 0.6 is 0 Å². The summed E-state index contributed by atoms with van der Waals surface area (Å²) in [4.78, 5) is 0. The summed E-state index contributed by atoms with van der Waals surface area (Å²) in [5, 5.41) is 0. The van der Waals surface area contributed by atoms with Crippen LogP contribution in [0.3, 0.4) is 0 Å². The van der Waals surface area contributed by atoms with E-state index in [2.05, 4.69) is 34.6 Å². The van der Waals surface area contributed by atoms with Gasteiger partial charge in [-0.2, -0.15) is 0 Å². The lowest BCUT2D eigenvalue weighted by Crippen LogP contribution is -2.19. The van der Waals surface area contributed by atoms with Crippen molar-refractivity contribution >= 4 is 0 Å². The summed E-state index contributed by atoms with van der Waals surface area (Å²) in [5.74, 6) is 0.750. The van der Waals surface area contributed by atoms with E-state index in [-0.39, 0.29) is 0 Å². The Balaban J connectivity index is 3.69. The van der Waals surface area contributed by atoms with Gasteiger partial charge in [-0.15, -0.1) is 0 Å². The van der Waals surface area contributed by atoms with Gasteiger partial charge in [-0.1, -0.05) is 46.5 Å². The van der Waals surface area contributed by atoms with E-state index in [0.29, 0.717) is 12.2 Å². The summed E-state index contributed by atoms with van der Waals surface area (Å²) >= 11 is 0. The summed E-state index contributed by atoms with van der Waals surface area (Å²) in [6, 6.07) is 0. The first-order valence-electron chi connectivity index (χ1n) is 6.71. The minimum Gasteiger partial charge on any atom is -0.376 e. The molecule has 0 aromatic heterocycles. The molecule has 15 heavy (non-hydrogen) atoms. The Morgan fingerprint density at radius 1 is 0.933 bits per heavy atom. The van der Waals surface area contributed by atoms with Gasteiger partial charge in [0.25, 0.3) is 0 Å². The molecular weight excluding hydrogens is 184 g/mol. The van der Waals surface area contributed by atoms with Crippen LogP contribution in [-0.4, -0.2) is 12.2 Å². The van der Waals surface area contributed by atoms with Gasteiger partial charge in [0.05, 0.1) is 12.2 Å². The Morgan fingerprint density at radius 3 is 2.07 bits per heavy atom. The zero-order chi connectivity index (χ0) is 11.7. The van der Waals surface area contributed by atoms with Gasteiger partial charge in [0.2, 0.25) is 0 Å². The molecule has 92 valence electrons. The number of unbranched alkanes of at least 4 members (excludes halogenated alkanes) is 3. The summed E-state index contributed by atoms with van der Waals surface area (Å²) in [5.41, 5.74) is 0. The van der Waals surface area contributed by atoms with Gasteiger partial charge in [-0.3, -0.25) is 0 Å². The maximum atomic E-state index is 5.94. The van der Waals surface area contributed by atoms with E-state index in [1.165, 1.54) is 38.5 Å². The molecule has 0 spiro atoms. The molecule has 0 aliphatic heterocycles. The Morgan fingerprint density at radius 2 is 1.60 bits per heavy atom. The van der Waals surface area contributed by atoms with E-state index < -0.39 is 0 Å². The number of hydrogen-bond donors (Lipinski definition) is 0. The Hall–Kier alpha value is -0.0400. The van der Waals surface area contributed by atoms with Gasteiger partial charge in [-0.25, -0.2) is 0 Å². The fourth-order valence-corrected chi connectivity index (χ4v) is 1.95. The van der Waals surface area contributed by atoms with Crippen molar-refractivity contribution in [2.24, 2.45) is 5.92 Å². The number of hydrogen-bond acceptors (Lipinski definition) is 1. The molecule has 1 atom stereocenters. The first kappa shape index (κ1) is 15.0. The van der Waals surface area contributed by atoms with Gasteiger partial charge in [0, 0.05) is 0 Å². The molecule has 0 radical (unpaired) electrons. The average Bonchev–Trinajstić information content (AvgIpc) is 2.10. The van der Waals surface area contributed by atoms with E-state index in [1.807, 2.05) is 0 Å². The van der Waals surface area contributed by atoms with Crippen molar-refractivity contribution in [1.29, 1.82) is 0 Å². The maximum Gasteiger partial charge on any atom is 0.0581 e. The van der Waals surface area contributed by atoms with Crippen LogP contribution in [0.4, 0.5) is 0 Å². The SMILES string of the molecule is CCCCCCC(CC(C)C)OC(C)C. The molecule has 1 nitrogen and oxygen atoms in total. The fourth-order valence-electron chi connectivity index (χ4n) is 1.95. The molecular formula is C14H30O. The van der Waals surface area contributed by atoms with Crippen LogP contribution in [0.2, 0.25) is 0 Å². The van der Waals surface area contributed by atoms with E-state index in [0.717, 1.165) is 5.92 Å². The quantitative estimate of drug-likeness (QED) is 0.501. The highest BCUT2D eigenvalue weighted by atomic mass is 16.5. The van der Waals surface area contributed by atoms with Crippen LogP contribution < -0.4 is 0 Å². The summed E-state index contributed by atoms with van der Waals surface area (Å²) in [6.07, 6.45) is 8.71.